The van der Waals surface area contributed by atoms with Gasteiger partial charge in [-0.15, -0.1) is 0 Å². The molecule has 1 aromatic heterocycles. The van der Waals surface area contributed by atoms with Gasteiger partial charge in [-0.05, 0) is 37.5 Å². The molecule has 5 heteroatoms. The van der Waals surface area contributed by atoms with Crippen LogP contribution in [0.2, 0.25) is 0 Å². The first-order valence-corrected chi connectivity index (χ1v) is 8.09. The maximum absolute atomic E-state index is 12.6. The van der Waals surface area contributed by atoms with Crippen molar-refractivity contribution in [1.29, 1.82) is 0 Å². The molecule has 1 heterocycles. The predicted octanol–water partition coefficient (Wildman–Crippen LogP) is 3.00. The number of fused-ring (bicyclic) bond motifs is 1. The zero-order chi connectivity index (χ0) is 15.0. The molecule has 3 rings (SSSR count). The Labute approximate surface area is 132 Å². The van der Waals surface area contributed by atoms with Gasteiger partial charge in [0.2, 0.25) is 0 Å². The third-order valence-corrected chi connectivity index (χ3v) is 4.74. The first kappa shape index (κ1) is 14.3. The molecule has 1 N–H and O–H groups in total. The Bertz CT molecular complexity index is 680. The minimum atomic E-state index is -0.0661. The number of halogens is 1. The van der Waals surface area contributed by atoms with E-state index in [-0.39, 0.29) is 16.8 Å². The first-order valence-electron chi connectivity index (χ1n) is 7.17. The third-order valence-electron chi connectivity index (χ3n) is 3.89. The number of amides is 1. The van der Waals surface area contributed by atoms with Crippen LogP contribution in [0.25, 0.3) is 0 Å². The van der Waals surface area contributed by atoms with Crippen molar-refractivity contribution in [2.45, 2.75) is 37.7 Å². The summed E-state index contributed by atoms with van der Waals surface area (Å²) in [4.78, 5) is 12.8. The van der Waals surface area contributed by atoms with Crippen LogP contribution in [-0.4, -0.2) is 20.5 Å². The van der Waals surface area contributed by atoms with Crippen LogP contribution in [0.1, 0.15) is 40.3 Å². The molecule has 1 aromatic carbocycles. The smallest absolute Gasteiger partial charge is 0.270 e. The summed E-state index contributed by atoms with van der Waals surface area (Å²) < 4.78 is 1.74. The Morgan fingerprint density at radius 3 is 3.00 bits per heavy atom. The summed E-state index contributed by atoms with van der Waals surface area (Å²) in [7, 11) is 0. The van der Waals surface area contributed by atoms with Crippen molar-refractivity contribution in [2.75, 3.05) is 0 Å². The number of benzene rings is 1. The van der Waals surface area contributed by atoms with Crippen molar-refractivity contribution < 1.29 is 4.79 Å². The third kappa shape index (κ3) is 2.62. The molecule has 0 saturated carbocycles. The maximum atomic E-state index is 12.6. The highest BCUT2D eigenvalue weighted by atomic mass is 79.9. The highest BCUT2D eigenvalue weighted by Crippen LogP contribution is 2.35. The van der Waals surface area contributed by atoms with E-state index in [1.165, 1.54) is 11.1 Å². The molecule has 2 atom stereocenters. The van der Waals surface area contributed by atoms with Crippen LogP contribution in [0.3, 0.4) is 0 Å². The number of aryl methyl sites for hydroxylation is 2. The van der Waals surface area contributed by atoms with Gasteiger partial charge in [-0.1, -0.05) is 40.2 Å². The first-order chi connectivity index (χ1) is 10.1. The van der Waals surface area contributed by atoms with Gasteiger partial charge in [-0.3, -0.25) is 9.48 Å². The molecule has 0 spiro atoms. The molecular formula is C16H18BrN3O. The number of rotatable bonds is 3. The van der Waals surface area contributed by atoms with E-state index in [0.29, 0.717) is 12.2 Å². The van der Waals surface area contributed by atoms with Gasteiger partial charge in [0.1, 0.15) is 5.69 Å². The molecule has 1 aliphatic carbocycles. The summed E-state index contributed by atoms with van der Waals surface area (Å²) in [6.07, 6.45) is 0.938. The van der Waals surface area contributed by atoms with Gasteiger partial charge in [0, 0.05) is 11.4 Å². The molecule has 1 aliphatic rings. The predicted molar refractivity (Wildman–Crippen MR) is 85.7 cm³/mol. The van der Waals surface area contributed by atoms with Gasteiger partial charge in [0.05, 0.1) is 11.7 Å². The number of alkyl halides is 1. The molecule has 0 aliphatic heterocycles. The van der Waals surface area contributed by atoms with Crippen LogP contribution in [-0.2, 0) is 13.0 Å². The van der Waals surface area contributed by atoms with Crippen LogP contribution in [0.15, 0.2) is 30.3 Å². The number of aromatic nitrogens is 2. The summed E-state index contributed by atoms with van der Waals surface area (Å²) in [5, 5.41) is 7.47. The van der Waals surface area contributed by atoms with Crippen LogP contribution in [0.4, 0.5) is 0 Å². The van der Waals surface area contributed by atoms with Crippen LogP contribution < -0.4 is 5.32 Å². The van der Waals surface area contributed by atoms with E-state index in [2.05, 4.69) is 38.5 Å². The molecule has 0 radical (unpaired) electrons. The van der Waals surface area contributed by atoms with Crippen molar-refractivity contribution in [2.24, 2.45) is 0 Å². The number of carbonyl (C=O) groups is 1. The highest BCUT2D eigenvalue weighted by Gasteiger charge is 2.32. The molecule has 2 aromatic rings. The van der Waals surface area contributed by atoms with Crippen molar-refractivity contribution in [1.82, 2.24) is 15.1 Å². The second kappa shape index (κ2) is 5.64. The Hall–Kier alpha value is -1.62. The lowest BCUT2D eigenvalue weighted by molar-refractivity contribution is 0.0927. The van der Waals surface area contributed by atoms with E-state index in [1.54, 1.807) is 4.68 Å². The SMILES string of the molecule is CCn1nc(C)cc1C(=O)NC1c2ccccc2CC1Br. The molecule has 0 saturated heterocycles. The van der Waals surface area contributed by atoms with Gasteiger partial charge in [-0.2, -0.15) is 5.10 Å². The number of carbonyl (C=O) groups excluding carboxylic acids is 1. The number of hydrogen-bond donors (Lipinski definition) is 1. The summed E-state index contributed by atoms with van der Waals surface area (Å²) in [6.45, 7) is 4.58. The van der Waals surface area contributed by atoms with Crippen molar-refractivity contribution >= 4 is 21.8 Å². The van der Waals surface area contributed by atoms with E-state index >= 15 is 0 Å². The standard InChI is InChI=1S/C16H18BrN3O/c1-3-20-14(8-10(2)19-20)16(21)18-15-12-7-5-4-6-11(12)9-13(15)17/h4-8,13,15H,3,9H2,1-2H3,(H,18,21). The normalized spacial score (nSPS) is 20.3. The molecule has 0 fully saturated rings. The van der Waals surface area contributed by atoms with E-state index in [9.17, 15) is 4.79 Å². The largest absolute Gasteiger partial charge is 0.343 e. The van der Waals surface area contributed by atoms with E-state index in [1.807, 2.05) is 32.0 Å². The van der Waals surface area contributed by atoms with Crippen LogP contribution >= 0.6 is 15.9 Å². The average Bonchev–Trinajstić information content (AvgIpc) is 3.00. The fourth-order valence-corrected chi connectivity index (χ4v) is 3.66. The van der Waals surface area contributed by atoms with Crippen LogP contribution in [0.5, 0.6) is 0 Å². The molecule has 1 amide bonds. The Morgan fingerprint density at radius 2 is 2.24 bits per heavy atom. The van der Waals surface area contributed by atoms with E-state index < -0.39 is 0 Å². The second-order valence-electron chi connectivity index (χ2n) is 5.36. The summed E-state index contributed by atoms with van der Waals surface area (Å²) in [5.41, 5.74) is 3.99. The minimum Gasteiger partial charge on any atom is -0.343 e. The lowest BCUT2D eigenvalue weighted by atomic mass is 10.1. The van der Waals surface area contributed by atoms with E-state index in [0.717, 1.165) is 12.1 Å². The van der Waals surface area contributed by atoms with Gasteiger partial charge >= 0.3 is 0 Å². The zero-order valence-corrected chi connectivity index (χ0v) is 13.7. The molecule has 0 bridgehead atoms. The van der Waals surface area contributed by atoms with Gasteiger partial charge in [0.15, 0.2) is 0 Å². The number of nitrogens with one attached hydrogen (secondary N) is 1. The van der Waals surface area contributed by atoms with Crippen molar-refractivity contribution in [3.63, 3.8) is 0 Å². The van der Waals surface area contributed by atoms with Gasteiger partial charge in [0.25, 0.3) is 5.91 Å². The fraction of sp³-hybridized carbons (Fsp3) is 0.375. The molecule has 2 unspecified atom stereocenters. The fourth-order valence-electron chi connectivity index (χ4n) is 2.90. The second-order valence-corrected chi connectivity index (χ2v) is 6.53. The maximum Gasteiger partial charge on any atom is 0.270 e. The lowest BCUT2D eigenvalue weighted by Crippen LogP contribution is -2.33. The minimum absolute atomic E-state index is 0.00853. The number of nitrogens with zero attached hydrogens (tertiary/aromatic N) is 2. The molecule has 21 heavy (non-hydrogen) atoms. The Balaban J connectivity index is 1.85. The molecular weight excluding hydrogens is 330 g/mol. The molecule has 4 nitrogen and oxygen atoms in total. The Kier molecular flexibility index (Phi) is 3.85. The monoisotopic (exact) mass is 347 g/mol. The summed E-state index contributed by atoms with van der Waals surface area (Å²) in [6, 6.07) is 10.1. The average molecular weight is 348 g/mol. The van der Waals surface area contributed by atoms with E-state index in [4.69, 9.17) is 0 Å². The quantitative estimate of drug-likeness (QED) is 0.867. The topological polar surface area (TPSA) is 46.9 Å². The summed E-state index contributed by atoms with van der Waals surface area (Å²) in [5.74, 6) is -0.0661. The van der Waals surface area contributed by atoms with Crippen LogP contribution in [0, 0.1) is 6.92 Å². The molecule has 110 valence electrons. The van der Waals surface area contributed by atoms with Gasteiger partial charge in [-0.25, -0.2) is 0 Å². The summed E-state index contributed by atoms with van der Waals surface area (Å²) >= 11 is 3.69. The highest BCUT2D eigenvalue weighted by molar-refractivity contribution is 9.09. The Morgan fingerprint density at radius 1 is 1.48 bits per heavy atom. The zero-order valence-electron chi connectivity index (χ0n) is 12.1. The van der Waals surface area contributed by atoms with Crippen molar-refractivity contribution in [3.8, 4) is 0 Å². The lowest BCUT2D eigenvalue weighted by Gasteiger charge is -2.18. The van der Waals surface area contributed by atoms with Crippen molar-refractivity contribution in [3.05, 3.63) is 52.8 Å². The number of hydrogen-bond acceptors (Lipinski definition) is 2. The van der Waals surface area contributed by atoms with Gasteiger partial charge < -0.3 is 5.32 Å².